The number of fused-ring (bicyclic) bond motifs is 3. The monoisotopic (exact) mass is 480 g/mol. The Morgan fingerprint density at radius 3 is 2.91 bits per heavy atom. The molecule has 0 aliphatic heterocycles. The number of phenolic OH excluding ortho intramolecular Hbond substituents is 1. The van der Waals surface area contributed by atoms with Crippen LogP contribution in [0.1, 0.15) is 30.1 Å². The molecule has 33 heavy (non-hydrogen) atoms. The van der Waals surface area contributed by atoms with E-state index in [0.717, 1.165) is 24.0 Å². The van der Waals surface area contributed by atoms with Gasteiger partial charge in [-0.3, -0.25) is 9.36 Å². The van der Waals surface area contributed by atoms with Crippen LogP contribution in [-0.2, 0) is 6.54 Å². The smallest absolute Gasteiger partial charge is 0.263 e. The molecule has 0 atom stereocenters. The maximum atomic E-state index is 13.9. The normalized spacial score (nSPS) is 13.8. The van der Waals surface area contributed by atoms with Gasteiger partial charge in [-0.05, 0) is 30.4 Å². The van der Waals surface area contributed by atoms with Gasteiger partial charge in [0.1, 0.15) is 16.4 Å². The molecule has 10 heteroatoms. The minimum atomic E-state index is -0.239. The molecular formula is C23H17ClN4O4S. The van der Waals surface area contributed by atoms with E-state index in [1.54, 1.807) is 36.2 Å². The summed E-state index contributed by atoms with van der Waals surface area (Å²) in [4.78, 5) is 27.7. The van der Waals surface area contributed by atoms with E-state index in [1.165, 1.54) is 17.7 Å². The van der Waals surface area contributed by atoms with Crippen LogP contribution in [0.25, 0.3) is 31.7 Å². The summed E-state index contributed by atoms with van der Waals surface area (Å²) in [6.07, 6.45) is 6.83. The molecule has 0 saturated heterocycles. The first-order valence-electron chi connectivity index (χ1n) is 10.3. The van der Waals surface area contributed by atoms with E-state index >= 15 is 0 Å². The number of oxazole rings is 1. The van der Waals surface area contributed by atoms with Crippen LogP contribution < -0.4 is 10.3 Å². The summed E-state index contributed by atoms with van der Waals surface area (Å²) < 4.78 is 12.9. The van der Waals surface area contributed by atoms with Gasteiger partial charge in [-0.15, -0.1) is 11.3 Å². The molecule has 1 saturated carbocycles. The van der Waals surface area contributed by atoms with Gasteiger partial charge in [0.05, 0.1) is 35.0 Å². The zero-order valence-electron chi connectivity index (χ0n) is 17.4. The maximum Gasteiger partial charge on any atom is 0.263 e. The molecule has 4 heterocycles. The number of hydrogen-bond donors (Lipinski definition) is 1. The molecule has 1 aliphatic carbocycles. The highest BCUT2D eigenvalue weighted by molar-refractivity contribution is 7.25. The predicted molar refractivity (Wildman–Crippen MR) is 125 cm³/mol. The van der Waals surface area contributed by atoms with Gasteiger partial charge in [0, 0.05) is 23.2 Å². The van der Waals surface area contributed by atoms with Gasteiger partial charge in [0.2, 0.25) is 5.88 Å². The van der Waals surface area contributed by atoms with E-state index in [0.29, 0.717) is 43.7 Å². The van der Waals surface area contributed by atoms with Crippen molar-refractivity contribution in [3.63, 3.8) is 0 Å². The van der Waals surface area contributed by atoms with Crippen LogP contribution >= 0.6 is 22.9 Å². The van der Waals surface area contributed by atoms with Crippen LogP contribution in [-0.4, -0.2) is 31.7 Å². The van der Waals surface area contributed by atoms with Crippen LogP contribution in [0, 0.1) is 0 Å². The Morgan fingerprint density at radius 1 is 1.33 bits per heavy atom. The largest absolute Gasteiger partial charge is 0.505 e. The third kappa shape index (κ3) is 3.27. The topological polar surface area (TPSA) is 103 Å². The summed E-state index contributed by atoms with van der Waals surface area (Å²) in [5.74, 6) is 1.78. The van der Waals surface area contributed by atoms with Gasteiger partial charge >= 0.3 is 0 Å². The first-order chi connectivity index (χ1) is 16.0. The highest BCUT2D eigenvalue weighted by Gasteiger charge is 2.30. The lowest BCUT2D eigenvalue weighted by Gasteiger charge is -2.15. The molecular weight excluding hydrogens is 464 g/mol. The Hall–Kier alpha value is -3.43. The number of benzene rings is 1. The number of hydrogen-bond acceptors (Lipinski definition) is 8. The number of ether oxygens (including phenoxy) is 1. The molecule has 1 fully saturated rings. The molecule has 1 aromatic carbocycles. The fourth-order valence-electron chi connectivity index (χ4n) is 4.08. The molecule has 1 N–H and O–H groups in total. The average molecular weight is 481 g/mol. The summed E-state index contributed by atoms with van der Waals surface area (Å²) in [7, 11) is 1.56. The van der Waals surface area contributed by atoms with Crippen molar-refractivity contribution in [1.29, 1.82) is 0 Å². The molecule has 1 aliphatic rings. The zero-order chi connectivity index (χ0) is 22.7. The number of aromatic nitrogens is 4. The third-order valence-electron chi connectivity index (χ3n) is 5.86. The van der Waals surface area contributed by atoms with Crippen molar-refractivity contribution >= 4 is 43.2 Å². The SMILES string of the molecule is COc1cc(-c2nc3sc4c(O)c(Cl)ccc4c3c(=O)n2Cc2cnco2)c(C2CC2)cn1. The Morgan fingerprint density at radius 2 is 2.18 bits per heavy atom. The zero-order valence-corrected chi connectivity index (χ0v) is 19.0. The highest BCUT2D eigenvalue weighted by atomic mass is 35.5. The lowest BCUT2D eigenvalue weighted by molar-refractivity contribution is 0.397. The van der Waals surface area contributed by atoms with Crippen molar-refractivity contribution in [3.05, 3.63) is 63.7 Å². The van der Waals surface area contributed by atoms with Gasteiger partial charge in [-0.2, -0.15) is 0 Å². The van der Waals surface area contributed by atoms with Gasteiger partial charge in [0.15, 0.2) is 12.1 Å². The lowest BCUT2D eigenvalue weighted by atomic mass is 10.0. The molecule has 0 bridgehead atoms. The van der Waals surface area contributed by atoms with Crippen molar-refractivity contribution in [1.82, 2.24) is 19.5 Å². The van der Waals surface area contributed by atoms with E-state index in [4.69, 9.17) is 25.7 Å². The van der Waals surface area contributed by atoms with E-state index in [2.05, 4.69) is 9.97 Å². The number of phenols is 1. The van der Waals surface area contributed by atoms with E-state index in [-0.39, 0.29) is 22.9 Å². The number of thiophene rings is 1. The fourth-order valence-corrected chi connectivity index (χ4v) is 5.41. The number of aromatic hydroxyl groups is 1. The van der Waals surface area contributed by atoms with Crippen LogP contribution in [0.4, 0.5) is 0 Å². The predicted octanol–water partition coefficient (Wildman–Crippen LogP) is 4.95. The number of pyridine rings is 1. The Labute approximate surface area is 196 Å². The minimum absolute atomic E-state index is 0.0517. The molecule has 4 aromatic heterocycles. The molecule has 0 radical (unpaired) electrons. The lowest BCUT2D eigenvalue weighted by Crippen LogP contribution is -2.24. The second-order valence-electron chi connectivity index (χ2n) is 7.94. The Bertz CT molecular complexity index is 1590. The molecule has 0 amide bonds. The Balaban J connectivity index is 1.70. The quantitative estimate of drug-likeness (QED) is 0.379. The summed E-state index contributed by atoms with van der Waals surface area (Å²) in [6.45, 7) is 0.156. The number of rotatable bonds is 5. The fraction of sp³-hybridized carbons (Fsp3) is 0.217. The number of methoxy groups -OCH3 is 1. The molecule has 0 unspecified atom stereocenters. The van der Waals surface area contributed by atoms with E-state index in [1.807, 2.05) is 6.07 Å². The van der Waals surface area contributed by atoms with Crippen LogP contribution in [0.5, 0.6) is 11.6 Å². The van der Waals surface area contributed by atoms with Crippen LogP contribution in [0.15, 0.2) is 46.2 Å². The van der Waals surface area contributed by atoms with Crippen molar-refractivity contribution < 1.29 is 14.3 Å². The first-order valence-corrected chi connectivity index (χ1v) is 11.5. The van der Waals surface area contributed by atoms with Gasteiger partial charge < -0.3 is 14.3 Å². The molecule has 5 aromatic rings. The second-order valence-corrected chi connectivity index (χ2v) is 9.34. The molecule has 8 nitrogen and oxygen atoms in total. The second kappa shape index (κ2) is 7.57. The summed E-state index contributed by atoms with van der Waals surface area (Å²) >= 11 is 7.36. The summed E-state index contributed by atoms with van der Waals surface area (Å²) in [6, 6.07) is 5.14. The standard InChI is InChI=1S/C23H17ClN4O4S/c1-31-17-6-14(15(8-26-17)11-2-3-11)21-27-22-18(13-4-5-16(24)19(29)20(13)33-22)23(30)28(21)9-12-7-25-10-32-12/h4-8,10-11,29H,2-3,9H2,1H3. The molecule has 166 valence electrons. The number of halogens is 1. The van der Waals surface area contributed by atoms with Crippen LogP contribution in [0.3, 0.4) is 0 Å². The summed E-state index contributed by atoms with van der Waals surface area (Å²) in [5.41, 5.74) is 1.58. The third-order valence-corrected chi connectivity index (χ3v) is 7.27. The van der Waals surface area contributed by atoms with E-state index in [9.17, 15) is 9.90 Å². The number of nitrogens with zero attached hydrogens (tertiary/aromatic N) is 4. The maximum absolute atomic E-state index is 13.9. The van der Waals surface area contributed by atoms with Gasteiger partial charge in [0.25, 0.3) is 5.56 Å². The molecule has 0 spiro atoms. The molecule has 6 rings (SSSR count). The minimum Gasteiger partial charge on any atom is -0.505 e. The van der Waals surface area contributed by atoms with Crippen LogP contribution in [0.2, 0.25) is 5.02 Å². The first kappa shape index (κ1) is 20.2. The van der Waals surface area contributed by atoms with Gasteiger partial charge in [-0.25, -0.2) is 15.0 Å². The summed E-state index contributed by atoms with van der Waals surface area (Å²) in [5, 5.41) is 11.8. The average Bonchev–Trinajstić information content (AvgIpc) is 3.40. The van der Waals surface area contributed by atoms with Gasteiger partial charge in [-0.1, -0.05) is 17.7 Å². The Kier molecular flexibility index (Phi) is 4.63. The van der Waals surface area contributed by atoms with Crippen molar-refractivity contribution in [2.75, 3.05) is 7.11 Å². The van der Waals surface area contributed by atoms with Crippen molar-refractivity contribution in [2.45, 2.75) is 25.3 Å². The van der Waals surface area contributed by atoms with E-state index < -0.39 is 0 Å². The van der Waals surface area contributed by atoms with Crippen molar-refractivity contribution in [2.24, 2.45) is 0 Å². The van der Waals surface area contributed by atoms with Crippen molar-refractivity contribution in [3.8, 4) is 23.0 Å². The highest BCUT2D eigenvalue weighted by Crippen LogP contribution is 2.45.